The van der Waals surface area contributed by atoms with Crippen LogP contribution in [0.1, 0.15) is 43.5 Å². The number of benzene rings is 1. The number of pyridine rings is 1. The summed E-state index contributed by atoms with van der Waals surface area (Å²) >= 11 is 5.78. The molecule has 0 amide bonds. The Morgan fingerprint density at radius 1 is 1.16 bits per heavy atom. The quantitative estimate of drug-likeness (QED) is 0.139. The molecule has 1 atom stereocenters. The van der Waals surface area contributed by atoms with Crippen molar-refractivity contribution in [2.45, 2.75) is 39.5 Å². The molecule has 0 bridgehead atoms. The molecule has 0 N–H and O–H groups in total. The number of para-hydroxylation sites is 1. The van der Waals surface area contributed by atoms with Crippen LogP contribution in [0.5, 0.6) is 0 Å². The Hall–Kier alpha value is -2.36. The largest absolute Gasteiger partial charge is 2.00 e. The van der Waals surface area contributed by atoms with Crippen molar-refractivity contribution in [2.75, 3.05) is 0 Å². The van der Waals surface area contributed by atoms with E-state index in [4.69, 9.17) is 12.2 Å². The SMILES string of the molecule is CCCC(C)Cc1cn(-c2[c-]cccc2)[c-]c1CC(=S)c1ccn(-c2ccccn2)n1.[Pt+2]. The van der Waals surface area contributed by atoms with Gasteiger partial charge in [-0.15, -0.1) is 17.3 Å². The van der Waals surface area contributed by atoms with Crippen LogP contribution in [-0.2, 0) is 33.9 Å². The van der Waals surface area contributed by atoms with Gasteiger partial charge in [-0.25, -0.2) is 15.7 Å². The van der Waals surface area contributed by atoms with E-state index >= 15 is 0 Å². The van der Waals surface area contributed by atoms with Crippen molar-refractivity contribution in [3.05, 3.63) is 96.2 Å². The molecule has 0 aliphatic carbocycles. The first kappa shape index (κ1) is 24.3. The molecule has 0 saturated heterocycles. The van der Waals surface area contributed by atoms with E-state index in [0.717, 1.165) is 34.0 Å². The van der Waals surface area contributed by atoms with Crippen LogP contribution in [0.15, 0.2) is 67.1 Å². The average Bonchev–Trinajstić information content (AvgIpc) is 3.43. The monoisotopic (exact) mass is 621 g/mol. The van der Waals surface area contributed by atoms with Gasteiger partial charge in [0.1, 0.15) is 0 Å². The molecule has 0 aliphatic rings. The van der Waals surface area contributed by atoms with E-state index in [1.54, 1.807) is 10.9 Å². The van der Waals surface area contributed by atoms with Crippen LogP contribution in [0.3, 0.4) is 0 Å². The van der Waals surface area contributed by atoms with Gasteiger partial charge in [-0.3, -0.25) is 0 Å². The summed E-state index contributed by atoms with van der Waals surface area (Å²) < 4.78 is 3.80. The second-order valence-electron chi connectivity index (χ2n) is 7.89. The van der Waals surface area contributed by atoms with E-state index in [9.17, 15) is 0 Å². The summed E-state index contributed by atoms with van der Waals surface area (Å²) in [6.07, 6.45) is 13.4. The standard InChI is InChI=1S/C26H26N4S.Pt/c1-3-9-20(2)16-21-18-29(23-10-5-4-6-11-23)19-22(21)17-25(31)24-13-15-30(28-24)26-12-7-8-14-27-26;/h4-8,10,12-15,18,20H,3,9,16-17H2,1-2H3;/q-2;+2. The fraction of sp³-hybridized carbons (Fsp3) is 0.269. The summed E-state index contributed by atoms with van der Waals surface area (Å²) in [5, 5.41) is 4.65. The number of thiocarbonyl (C=S) groups is 1. The van der Waals surface area contributed by atoms with Crippen LogP contribution in [-0.4, -0.2) is 24.2 Å². The molecule has 166 valence electrons. The van der Waals surface area contributed by atoms with Crippen LogP contribution >= 0.6 is 12.2 Å². The van der Waals surface area contributed by atoms with Gasteiger partial charge in [0.2, 0.25) is 0 Å². The normalized spacial score (nSPS) is 11.7. The zero-order valence-electron chi connectivity index (χ0n) is 18.3. The molecular weight excluding hydrogens is 595 g/mol. The maximum Gasteiger partial charge on any atom is 2.00 e. The minimum atomic E-state index is 0. The molecular formula is C26H26N4PtS. The molecule has 1 unspecified atom stereocenters. The number of nitrogens with zero attached hydrogens (tertiary/aromatic N) is 4. The molecule has 4 aromatic rings. The molecule has 0 saturated carbocycles. The predicted molar refractivity (Wildman–Crippen MR) is 128 cm³/mol. The van der Waals surface area contributed by atoms with Crippen LogP contribution in [0, 0.1) is 18.2 Å². The predicted octanol–water partition coefficient (Wildman–Crippen LogP) is 5.60. The van der Waals surface area contributed by atoms with Gasteiger partial charge in [0.05, 0.1) is 5.69 Å². The summed E-state index contributed by atoms with van der Waals surface area (Å²) in [5.74, 6) is 1.40. The first-order chi connectivity index (χ1) is 15.1. The topological polar surface area (TPSA) is 35.6 Å². The number of hydrogen-bond acceptors (Lipinski definition) is 3. The third kappa shape index (κ3) is 5.90. The molecule has 3 aromatic heterocycles. The zero-order valence-corrected chi connectivity index (χ0v) is 21.4. The Bertz CT molecular complexity index is 1140. The van der Waals surface area contributed by atoms with Crippen LogP contribution < -0.4 is 0 Å². The minimum Gasteiger partial charge on any atom is -0.471 e. The van der Waals surface area contributed by atoms with Crippen LogP contribution in [0.4, 0.5) is 0 Å². The van der Waals surface area contributed by atoms with Gasteiger partial charge in [0.25, 0.3) is 0 Å². The van der Waals surface area contributed by atoms with E-state index in [-0.39, 0.29) is 21.1 Å². The molecule has 0 aliphatic heterocycles. The van der Waals surface area contributed by atoms with Crippen molar-refractivity contribution in [3.8, 4) is 11.5 Å². The van der Waals surface area contributed by atoms with Gasteiger partial charge in [-0.05, 0) is 30.5 Å². The molecule has 0 fully saturated rings. The van der Waals surface area contributed by atoms with Gasteiger partial charge < -0.3 is 4.57 Å². The van der Waals surface area contributed by atoms with Gasteiger partial charge in [0, 0.05) is 17.3 Å². The zero-order chi connectivity index (χ0) is 21.6. The van der Waals surface area contributed by atoms with Crippen molar-refractivity contribution in [2.24, 2.45) is 5.92 Å². The Morgan fingerprint density at radius 2 is 2.00 bits per heavy atom. The summed E-state index contributed by atoms with van der Waals surface area (Å²) in [6, 6.07) is 19.0. The summed E-state index contributed by atoms with van der Waals surface area (Å²) in [6.45, 7) is 4.55. The fourth-order valence-corrected chi connectivity index (χ4v) is 4.04. The van der Waals surface area contributed by atoms with Crippen LogP contribution in [0.25, 0.3) is 11.5 Å². The van der Waals surface area contributed by atoms with Gasteiger partial charge >= 0.3 is 21.1 Å². The maximum absolute atomic E-state index is 5.78. The molecule has 0 spiro atoms. The molecule has 4 nitrogen and oxygen atoms in total. The first-order valence-electron chi connectivity index (χ1n) is 10.7. The summed E-state index contributed by atoms with van der Waals surface area (Å²) in [7, 11) is 0. The Balaban J connectivity index is 0.00000289. The van der Waals surface area contributed by atoms with E-state index in [1.807, 2.05) is 59.3 Å². The molecule has 3 heterocycles. The van der Waals surface area contributed by atoms with Crippen molar-refractivity contribution >= 4 is 17.1 Å². The van der Waals surface area contributed by atoms with Crippen molar-refractivity contribution in [3.63, 3.8) is 0 Å². The van der Waals surface area contributed by atoms with Crippen molar-refractivity contribution in [1.82, 2.24) is 19.3 Å². The van der Waals surface area contributed by atoms with Gasteiger partial charge in [0.15, 0.2) is 5.82 Å². The molecule has 1 aromatic carbocycles. The second kappa shape index (κ2) is 11.5. The summed E-state index contributed by atoms with van der Waals surface area (Å²) in [4.78, 5) is 5.16. The molecule has 0 radical (unpaired) electrons. The van der Waals surface area contributed by atoms with E-state index in [2.05, 4.69) is 42.4 Å². The average molecular weight is 622 g/mol. The maximum atomic E-state index is 5.78. The van der Waals surface area contributed by atoms with E-state index < -0.39 is 0 Å². The van der Waals surface area contributed by atoms with Gasteiger partial charge in [-0.2, -0.15) is 35.1 Å². The van der Waals surface area contributed by atoms with Gasteiger partial charge in [-0.1, -0.05) is 57.6 Å². The Morgan fingerprint density at radius 3 is 2.72 bits per heavy atom. The Labute approximate surface area is 210 Å². The van der Waals surface area contributed by atoms with Crippen molar-refractivity contribution in [1.29, 1.82) is 0 Å². The number of hydrogen-bond donors (Lipinski definition) is 0. The number of rotatable bonds is 9. The molecule has 32 heavy (non-hydrogen) atoms. The smallest absolute Gasteiger partial charge is 0.471 e. The fourth-order valence-electron chi connectivity index (χ4n) is 3.79. The van der Waals surface area contributed by atoms with E-state index in [0.29, 0.717) is 12.3 Å². The third-order valence-corrected chi connectivity index (χ3v) is 5.68. The molecule has 4 rings (SSSR count). The number of aromatic nitrogens is 4. The summed E-state index contributed by atoms with van der Waals surface area (Å²) in [5.41, 5.74) is 4.23. The second-order valence-corrected chi connectivity index (χ2v) is 8.39. The Kier molecular flexibility index (Phi) is 8.72. The van der Waals surface area contributed by atoms with Crippen LogP contribution in [0.2, 0.25) is 0 Å². The van der Waals surface area contributed by atoms with E-state index in [1.165, 1.54) is 18.4 Å². The third-order valence-electron chi connectivity index (χ3n) is 5.33. The minimum absolute atomic E-state index is 0. The molecule has 6 heteroatoms. The first-order valence-corrected chi connectivity index (χ1v) is 11.1. The van der Waals surface area contributed by atoms with Crippen molar-refractivity contribution < 1.29 is 21.1 Å².